The number of allylic oxidation sites excluding steroid dienone is 19. The molecule has 0 radical (unpaired) electrons. The van der Waals surface area contributed by atoms with E-state index >= 15 is 0 Å². The van der Waals surface area contributed by atoms with Crippen LogP contribution in [0.25, 0.3) is 0 Å². The minimum Gasteiger partial charge on any atom is -0.294 e. The predicted molar refractivity (Wildman–Crippen MR) is 141 cm³/mol. The van der Waals surface area contributed by atoms with Gasteiger partial charge in [-0.15, -0.1) is 0 Å². The molecule has 0 bridgehead atoms. The van der Waals surface area contributed by atoms with Crippen LogP contribution in [0.15, 0.2) is 117 Å². The Morgan fingerprint density at radius 1 is 1.09 bits per heavy atom. The highest BCUT2D eigenvalue weighted by Gasteiger charge is 2.47. The van der Waals surface area contributed by atoms with Crippen molar-refractivity contribution in [3.63, 3.8) is 0 Å². The molecule has 4 rings (SSSR count). The van der Waals surface area contributed by atoms with Gasteiger partial charge in [-0.3, -0.25) is 9.59 Å². The van der Waals surface area contributed by atoms with Crippen molar-refractivity contribution < 1.29 is 9.59 Å². The van der Waals surface area contributed by atoms with E-state index in [0.29, 0.717) is 12.0 Å². The highest BCUT2D eigenvalue weighted by molar-refractivity contribution is 6.14. The van der Waals surface area contributed by atoms with Crippen LogP contribution in [0.1, 0.15) is 53.9 Å². The minimum atomic E-state index is -0.0412. The molecule has 2 nitrogen and oxygen atoms in total. The first kappa shape index (κ1) is 23.9. The van der Waals surface area contributed by atoms with Gasteiger partial charge in [0.1, 0.15) is 0 Å². The number of Topliss-reactive ketones (excluding diaryl/α,β-unsaturated/α-hetero) is 2. The molecule has 0 heterocycles. The largest absolute Gasteiger partial charge is 0.294 e. The number of ketones is 2. The first-order valence-electron chi connectivity index (χ1n) is 12.3. The third kappa shape index (κ3) is 3.76. The van der Waals surface area contributed by atoms with Crippen molar-refractivity contribution in [2.24, 2.45) is 11.8 Å². The molecule has 0 fully saturated rings. The Hall–Kier alpha value is -3.26. The fourth-order valence-electron chi connectivity index (χ4n) is 5.63. The molecule has 0 amide bonds. The zero-order valence-corrected chi connectivity index (χ0v) is 21.0. The van der Waals surface area contributed by atoms with Gasteiger partial charge in [-0.05, 0) is 78.7 Å². The highest BCUT2D eigenvalue weighted by Crippen LogP contribution is 2.56. The summed E-state index contributed by atoms with van der Waals surface area (Å²) in [7, 11) is 0. The van der Waals surface area contributed by atoms with Crippen LogP contribution in [-0.4, -0.2) is 11.6 Å². The van der Waals surface area contributed by atoms with Crippen LogP contribution >= 0.6 is 0 Å². The summed E-state index contributed by atoms with van der Waals surface area (Å²) in [4.78, 5) is 26.6. The maximum Gasteiger partial charge on any atom is 0.190 e. The molecule has 174 valence electrons. The first-order valence-corrected chi connectivity index (χ1v) is 12.3. The monoisotopic (exact) mass is 450 g/mol. The molecule has 0 spiro atoms. The smallest absolute Gasteiger partial charge is 0.190 e. The van der Waals surface area contributed by atoms with E-state index < -0.39 is 0 Å². The Bertz CT molecular complexity index is 1260. The maximum absolute atomic E-state index is 13.6. The van der Waals surface area contributed by atoms with Crippen molar-refractivity contribution >= 4 is 11.6 Å². The second kappa shape index (κ2) is 9.54. The Kier molecular flexibility index (Phi) is 6.70. The molecule has 0 aromatic rings. The van der Waals surface area contributed by atoms with E-state index in [1.165, 1.54) is 22.3 Å². The van der Waals surface area contributed by atoms with Gasteiger partial charge in [0.25, 0.3) is 0 Å². The lowest BCUT2D eigenvalue weighted by Crippen LogP contribution is -2.37. The zero-order chi connectivity index (χ0) is 24.6. The molecule has 2 heteroatoms. The molecule has 2 atom stereocenters. The van der Waals surface area contributed by atoms with Crippen molar-refractivity contribution in [1.82, 2.24) is 0 Å². The summed E-state index contributed by atoms with van der Waals surface area (Å²) >= 11 is 0. The number of unbranched alkanes of at least 4 members (excludes halogenated alkanes) is 1. The number of hydrogen-bond donors (Lipinski definition) is 0. The van der Waals surface area contributed by atoms with Crippen molar-refractivity contribution in [2.75, 3.05) is 0 Å². The molecule has 0 N–H and O–H groups in total. The molecule has 34 heavy (non-hydrogen) atoms. The van der Waals surface area contributed by atoms with Gasteiger partial charge >= 0.3 is 0 Å². The third-order valence-electron chi connectivity index (χ3n) is 7.44. The van der Waals surface area contributed by atoms with Crippen LogP contribution in [0, 0.1) is 11.8 Å². The quantitative estimate of drug-likeness (QED) is 0.375. The lowest BCUT2D eigenvalue weighted by atomic mass is 9.57. The molecule has 0 saturated carbocycles. The molecule has 4 aliphatic carbocycles. The number of carbonyl (C=O) groups is 2. The second-order valence-electron chi connectivity index (χ2n) is 9.44. The molecule has 0 saturated heterocycles. The lowest BCUT2D eigenvalue weighted by molar-refractivity contribution is -0.115. The van der Waals surface area contributed by atoms with Gasteiger partial charge < -0.3 is 0 Å². The SMILES string of the molecule is C=CC1=C(C=CC)C(=O)C2=CC=C3C=C(C)C(CC(=O)C(C)=CC)=C4C(=CCCC)C=C1C2C34. The summed E-state index contributed by atoms with van der Waals surface area (Å²) in [5.74, 6) is 0.245. The first-order chi connectivity index (χ1) is 16.4. The molecule has 0 aliphatic heterocycles. The van der Waals surface area contributed by atoms with E-state index in [1.807, 2.05) is 51.2 Å². The van der Waals surface area contributed by atoms with Crippen LogP contribution in [0.3, 0.4) is 0 Å². The molecule has 4 aliphatic rings. The number of rotatable bonds is 7. The van der Waals surface area contributed by atoms with Crippen LogP contribution in [-0.2, 0) is 9.59 Å². The molecular weight excluding hydrogens is 416 g/mol. The Morgan fingerprint density at radius 2 is 1.85 bits per heavy atom. The van der Waals surface area contributed by atoms with Gasteiger partial charge in [-0.2, -0.15) is 0 Å². The van der Waals surface area contributed by atoms with Crippen LogP contribution in [0.4, 0.5) is 0 Å². The van der Waals surface area contributed by atoms with Gasteiger partial charge in [0.15, 0.2) is 11.6 Å². The second-order valence-corrected chi connectivity index (χ2v) is 9.44. The Labute approximate surface area is 203 Å². The maximum atomic E-state index is 13.6. The van der Waals surface area contributed by atoms with E-state index in [-0.39, 0.29) is 23.4 Å². The highest BCUT2D eigenvalue weighted by atomic mass is 16.1. The summed E-state index contributed by atoms with van der Waals surface area (Å²) in [5.41, 5.74) is 10.3. The van der Waals surface area contributed by atoms with E-state index in [1.54, 1.807) is 0 Å². The normalized spacial score (nSPS) is 25.3. The lowest BCUT2D eigenvalue weighted by Gasteiger charge is -2.45. The summed E-state index contributed by atoms with van der Waals surface area (Å²) in [5, 5.41) is 0. The Morgan fingerprint density at radius 3 is 2.50 bits per heavy atom. The number of hydrogen-bond acceptors (Lipinski definition) is 2. The van der Waals surface area contributed by atoms with Gasteiger partial charge in [0, 0.05) is 29.4 Å². The molecule has 2 unspecified atom stereocenters. The van der Waals surface area contributed by atoms with Crippen molar-refractivity contribution in [1.29, 1.82) is 0 Å². The molecule has 0 aromatic heterocycles. The van der Waals surface area contributed by atoms with E-state index in [2.05, 4.69) is 44.7 Å². The standard InChI is InChI=1S/C32H34O2/c1-7-11-13-21-17-27-23(10-4)24(12-8-2)32(34)25-15-14-22-16-20(6)26(18-28(33)19(5)9-3)29(21)30(22)31(25)27/h8-10,12-17,30-31H,4,7,11,18H2,1-3,5-6H3. The number of carbonyl (C=O) groups excluding carboxylic acids is 2. The zero-order valence-electron chi connectivity index (χ0n) is 21.0. The Balaban J connectivity index is 2.03. The van der Waals surface area contributed by atoms with Crippen molar-refractivity contribution in [3.05, 3.63) is 117 Å². The summed E-state index contributed by atoms with van der Waals surface area (Å²) in [6.07, 6.45) is 20.9. The van der Waals surface area contributed by atoms with Crippen molar-refractivity contribution in [2.45, 2.75) is 53.9 Å². The van der Waals surface area contributed by atoms with E-state index in [9.17, 15) is 9.59 Å². The molecule has 0 aromatic carbocycles. The van der Waals surface area contributed by atoms with E-state index in [4.69, 9.17) is 0 Å². The average molecular weight is 451 g/mol. The molecular formula is C32H34O2. The van der Waals surface area contributed by atoms with Crippen LogP contribution < -0.4 is 0 Å². The third-order valence-corrected chi connectivity index (χ3v) is 7.44. The topological polar surface area (TPSA) is 34.1 Å². The predicted octanol–water partition coefficient (Wildman–Crippen LogP) is 7.58. The van der Waals surface area contributed by atoms with Crippen molar-refractivity contribution in [3.8, 4) is 0 Å². The summed E-state index contributed by atoms with van der Waals surface area (Å²) in [6, 6.07) is 0. The average Bonchev–Trinajstić information content (AvgIpc) is 2.84. The van der Waals surface area contributed by atoms with Crippen LogP contribution in [0.5, 0.6) is 0 Å². The fraction of sp³-hybridized carbons (Fsp3) is 0.312. The minimum absolute atomic E-state index is 0.0412. The van der Waals surface area contributed by atoms with Gasteiger partial charge in [0.2, 0.25) is 0 Å². The van der Waals surface area contributed by atoms with E-state index in [0.717, 1.165) is 40.7 Å². The summed E-state index contributed by atoms with van der Waals surface area (Å²) < 4.78 is 0. The fourth-order valence-corrected chi connectivity index (χ4v) is 5.63. The van der Waals surface area contributed by atoms with Gasteiger partial charge in [-0.1, -0.05) is 74.6 Å². The van der Waals surface area contributed by atoms with Crippen LogP contribution in [0.2, 0.25) is 0 Å². The van der Waals surface area contributed by atoms with Gasteiger partial charge in [-0.25, -0.2) is 0 Å². The summed E-state index contributed by atoms with van der Waals surface area (Å²) in [6.45, 7) is 14.1. The van der Waals surface area contributed by atoms with Gasteiger partial charge in [0.05, 0.1) is 0 Å².